The Bertz CT molecular complexity index is 576. The van der Waals surface area contributed by atoms with Crippen molar-refractivity contribution in [2.45, 2.75) is 6.54 Å². The molecule has 1 amide bonds. The van der Waals surface area contributed by atoms with Crippen molar-refractivity contribution in [1.29, 1.82) is 0 Å². The van der Waals surface area contributed by atoms with E-state index >= 15 is 0 Å². The molecule has 0 fully saturated rings. The molecule has 0 saturated heterocycles. The van der Waals surface area contributed by atoms with E-state index in [2.05, 4.69) is 0 Å². The molecule has 2 rings (SSSR count). The summed E-state index contributed by atoms with van der Waals surface area (Å²) in [5.41, 5.74) is 1.72. The zero-order valence-electron chi connectivity index (χ0n) is 13.3. The third-order valence-corrected chi connectivity index (χ3v) is 3.41. The maximum absolute atomic E-state index is 12.7. The molecular weight excluding hydrogens is 280 g/mol. The van der Waals surface area contributed by atoms with Crippen LogP contribution >= 0.6 is 0 Å². The first-order chi connectivity index (χ1) is 10.6. The fourth-order valence-electron chi connectivity index (χ4n) is 2.13. The summed E-state index contributed by atoms with van der Waals surface area (Å²) in [6.07, 6.45) is 1.61. The van der Waals surface area contributed by atoms with Crippen LogP contribution in [-0.4, -0.2) is 45.2 Å². The number of carbonyl (C=O) groups is 1. The molecule has 118 valence electrons. The Labute approximate surface area is 131 Å². The second-order valence-corrected chi connectivity index (χ2v) is 5.24. The average Bonchev–Trinajstić information content (AvgIpc) is 3.04. The lowest BCUT2D eigenvalue weighted by Crippen LogP contribution is -2.33. The Hall–Kier alpha value is -2.27. The zero-order valence-corrected chi connectivity index (χ0v) is 13.3. The van der Waals surface area contributed by atoms with Crippen molar-refractivity contribution in [3.05, 3.63) is 54.0 Å². The average molecular weight is 302 g/mol. The van der Waals surface area contributed by atoms with Gasteiger partial charge in [0.1, 0.15) is 5.76 Å². The van der Waals surface area contributed by atoms with E-state index in [1.165, 1.54) is 0 Å². The Balaban J connectivity index is 2.13. The maximum Gasteiger partial charge on any atom is 0.254 e. The largest absolute Gasteiger partial charge is 0.467 e. The molecule has 0 saturated carbocycles. The Morgan fingerprint density at radius 2 is 1.91 bits per heavy atom. The summed E-state index contributed by atoms with van der Waals surface area (Å²) in [6, 6.07) is 11.3. The van der Waals surface area contributed by atoms with E-state index in [9.17, 15) is 4.79 Å². The first kappa shape index (κ1) is 16.1. The van der Waals surface area contributed by atoms with Crippen molar-refractivity contribution >= 4 is 11.6 Å². The molecule has 0 aliphatic heterocycles. The highest BCUT2D eigenvalue weighted by Crippen LogP contribution is 2.15. The Morgan fingerprint density at radius 3 is 2.45 bits per heavy atom. The topological polar surface area (TPSA) is 45.9 Å². The summed E-state index contributed by atoms with van der Waals surface area (Å²) in [4.78, 5) is 16.4. The van der Waals surface area contributed by atoms with E-state index < -0.39 is 0 Å². The van der Waals surface area contributed by atoms with Crippen LogP contribution in [0, 0.1) is 0 Å². The van der Waals surface area contributed by atoms with Gasteiger partial charge in [-0.3, -0.25) is 4.79 Å². The van der Waals surface area contributed by atoms with Gasteiger partial charge in [-0.25, -0.2) is 0 Å². The number of amides is 1. The lowest BCUT2D eigenvalue weighted by atomic mass is 10.1. The highest BCUT2D eigenvalue weighted by atomic mass is 16.5. The zero-order chi connectivity index (χ0) is 15.9. The van der Waals surface area contributed by atoms with Crippen molar-refractivity contribution in [3.8, 4) is 0 Å². The van der Waals surface area contributed by atoms with Crippen LogP contribution in [0.15, 0.2) is 47.1 Å². The predicted molar refractivity (Wildman–Crippen MR) is 86.1 cm³/mol. The lowest BCUT2D eigenvalue weighted by molar-refractivity contribution is 0.0666. The standard InChI is InChI=1S/C17H22N2O3/c1-18(2)15-8-6-14(7-9-15)17(20)19(10-12-21-3)13-16-5-4-11-22-16/h4-9,11H,10,12-13H2,1-3H3. The fourth-order valence-corrected chi connectivity index (χ4v) is 2.13. The number of nitrogens with zero attached hydrogens (tertiary/aromatic N) is 2. The van der Waals surface area contributed by atoms with Crippen LogP contribution in [0.3, 0.4) is 0 Å². The number of anilines is 1. The Morgan fingerprint density at radius 1 is 1.18 bits per heavy atom. The molecule has 0 atom stereocenters. The number of hydrogen-bond donors (Lipinski definition) is 0. The number of benzene rings is 1. The minimum Gasteiger partial charge on any atom is -0.467 e. The van der Waals surface area contributed by atoms with E-state index in [0.717, 1.165) is 11.4 Å². The van der Waals surface area contributed by atoms with E-state index in [-0.39, 0.29) is 5.91 Å². The molecule has 0 N–H and O–H groups in total. The monoisotopic (exact) mass is 302 g/mol. The van der Waals surface area contributed by atoms with Crippen molar-refractivity contribution in [1.82, 2.24) is 4.90 Å². The third kappa shape index (κ3) is 4.11. The molecule has 22 heavy (non-hydrogen) atoms. The van der Waals surface area contributed by atoms with Crippen molar-refractivity contribution < 1.29 is 13.9 Å². The van der Waals surface area contributed by atoms with Gasteiger partial charge in [0.15, 0.2) is 0 Å². The van der Waals surface area contributed by atoms with Crippen LogP contribution in [-0.2, 0) is 11.3 Å². The maximum atomic E-state index is 12.7. The molecule has 1 heterocycles. The van der Waals surface area contributed by atoms with Gasteiger partial charge in [-0.05, 0) is 36.4 Å². The molecule has 0 unspecified atom stereocenters. The van der Waals surface area contributed by atoms with Gasteiger partial charge in [0, 0.05) is 39.0 Å². The number of hydrogen-bond acceptors (Lipinski definition) is 4. The smallest absolute Gasteiger partial charge is 0.254 e. The molecular formula is C17H22N2O3. The summed E-state index contributed by atoms with van der Waals surface area (Å²) in [5, 5.41) is 0. The number of methoxy groups -OCH3 is 1. The van der Waals surface area contributed by atoms with Crippen molar-refractivity contribution in [2.24, 2.45) is 0 Å². The summed E-state index contributed by atoms with van der Waals surface area (Å²) in [7, 11) is 5.57. The Kier molecular flexibility index (Phi) is 5.61. The molecule has 0 radical (unpaired) electrons. The van der Waals surface area contributed by atoms with Crippen molar-refractivity contribution in [2.75, 3.05) is 39.3 Å². The SMILES string of the molecule is COCCN(Cc1ccco1)C(=O)c1ccc(N(C)C)cc1. The third-order valence-electron chi connectivity index (χ3n) is 3.41. The summed E-state index contributed by atoms with van der Waals surface area (Å²) >= 11 is 0. The first-order valence-corrected chi connectivity index (χ1v) is 7.20. The molecule has 0 aliphatic rings. The van der Waals surface area contributed by atoms with Crippen LogP contribution in [0.2, 0.25) is 0 Å². The highest BCUT2D eigenvalue weighted by molar-refractivity contribution is 5.94. The lowest BCUT2D eigenvalue weighted by Gasteiger charge is -2.22. The second kappa shape index (κ2) is 7.66. The summed E-state index contributed by atoms with van der Waals surface area (Å²) < 4.78 is 10.4. The predicted octanol–water partition coefficient (Wildman–Crippen LogP) is 2.63. The van der Waals surface area contributed by atoms with Gasteiger partial charge in [0.25, 0.3) is 5.91 Å². The van der Waals surface area contributed by atoms with Gasteiger partial charge in [-0.1, -0.05) is 0 Å². The number of furan rings is 1. The number of carbonyl (C=O) groups excluding carboxylic acids is 1. The van der Waals surface area contributed by atoms with Gasteiger partial charge in [0.2, 0.25) is 0 Å². The van der Waals surface area contributed by atoms with Gasteiger partial charge < -0.3 is 19.0 Å². The molecule has 1 aromatic heterocycles. The number of ether oxygens (including phenoxy) is 1. The fraction of sp³-hybridized carbons (Fsp3) is 0.353. The van der Waals surface area contributed by atoms with Gasteiger partial charge in [-0.15, -0.1) is 0 Å². The van der Waals surface area contributed by atoms with Gasteiger partial charge in [0.05, 0.1) is 19.4 Å². The van der Waals surface area contributed by atoms with Crippen LogP contribution in [0.1, 0.15) is 16.1 Å². The van der Waals surface area contributed by atoms with Crippen LogP contribution < -0.4 is 4.90 Å². The van der Waals surface area contributed by atoms with E-state index in [1.54, 1.807) is 18.3 Å². The van der Waals surface area contributed by atoms with Crippen molar-refractivity contribution in [3.63, 3.8) is 0 Å². The summed E-state index contributed by atoms with van der Waals surface area (Å²) in [5.74, 6) is 0.730. The quantitative estimate of drug-likeness (QED) is 0.789. The molecule has 0 bridgehead atoms. The van der Waals surface area contributed by atoms with E-state index in [0.29, 0.717) is 25.3 Å². The molecule has 5 heteroatoms. The number of rotatable bonds is 7. The minimum atomic E-state index is -0.0289. The minimum absolute atomic E-state index is 0.0289. The second-order valence-electron chi connectivity index (χ2n) is 5.24. The van der Waals surface area contributed by atoms with E-state index in [4.69, 9.17) is 9.15 Å². The molecule has 1 aromatic carbocycles. The normalized spacial score (nSPS) is 10.5. The van der Waals surface area contributed by atoms with Gasteiger partial charge in [-0.2, -0.15) is 0 Å². The molecule has 5 nitrogen and oxygen atoms in total. The van der Waals surface area contributed by atoms with Crippen LogP contribution in [0.4, 0.5) is 5.69 Å². The van der Waals surface area contributed by atoms with Crippen LogP contribution in [0.25, 0.3) is 0 Å². The molecule has 0 aliphatic carbocycles. The highest BCUT2D eigenvalue weighted by Gasteiger charge is 2.17. The van der Waals surface area contributed by atoms with E-state index in [1.807, 2.05) is 55.4 Å². The van der Waals surface area contributed by atoms with Gasteiger partial charge >= 0.3 is 0 Å². The molecule has 2 aromatic rings. The summed E-state index contributed by atoms with van der Waals surface area (Å²) in [6.45, 7) is 1.44. The van der Waals surface area contributed by atoms with Crippen LogP contribution in [0.5, 0.6) is 0 Å². The molecule has 0 spiro atoms. The first-order valence-electron chi connectivity index (χ1n) is 7.20.